The lowest BCUT2D eigenvalue weighted by Gasteiger charge is -2.18. The zero-order chi connectivity index (χ0) is 56.4. The van der Waals surface area contributed by atoms with Gasteiger partial charge >= 0.3 is 17.9 Å². The minimum atomic E-state index is -0.788. The molecule has 0 spiro atoms. The predicted octanol–water partition coefficient (Wildman–Crippen LogP) is 22.8. The van der Waals surface area contributed by atoms with Crippen LogP contribution in [0.1, 0.15) is 323 Å². The third-order valence-electron chi connectivity index (χ3n) is 14.3. The number of rotatable bonds is 60. The SMILES string of the molecule is CC/C=C\C/C=C\C/C=C\C/C=C\CCCCCCCCCCCCC(=O)OCC(COC(=O)CCCCCCCCC/C=C\C/C=C\CCCCCC)OC(=O)CCCCCCCCCCC/C=C\C/C=C\CCCCC. The first kappa shape index (κ1) is 74.3. The van der Waals surface area contributed by atoms with Crippen LogP contribution >= 0.6 is 0 Å². The van der Waals surface area contributed by atoms with Crippen LogP contribution in [-0.2, 0) is 28.6 Å². The van der Waals surface area contributed by atoms with Crippen molar-refractivity contribution in [3.8, 4) is 0 Å². The second-order valence-corrected chi connectivity index (χ2v) is 22.0. The van der Waals surface area contributed by atoms with Crippen molar-refractivity contribution < 1.29 is 28.6 Å². The Morgan fingerprint density at radius 3 is 0.808 bits per heavy atom. The average Bonchev–Trinajstić information content (AvgIpc) is 3.44. The van der Waals surface area contributed by atoms with Crippen molar-refractivity contribution in [1.82, 2.24) is 0 Å². The van der Waals surface area contributed by atoms with Gasteiger partial charge in [0, 0.05) is 19.3 Å². The summed E-state index contributed by atoms with van der Waals surface area (Å²) < 4.78 is 17.0. The van der Waals surface area contributed by atoms with Crippen molar-refractivity contribution in [3.05, 3.63) is 97.2 Å². The van der Waals surface area contributed by atoms with Crippen molar-refractivity contribution in [2.24, 2.45) is 0 Å². The first-order valence-corrected chi connectivity index (χ1v) is 33.2. The third kappa shape index (κ3) is 63.2. The van der Waals surface area contributed by atoms with Gasteiger partial charge in [-0.2, -0.15) is 0 Å². The van der Waals surface area contributed by atoms with E-state index in [0.29, 0.717) is 19.3 Å². The molecule has 0 N–H and O–H groups in total. The fourth-order valence-corrected chi connectivity index (χ4v) is 9.32. The van der Waals surface area contributed by atoms with Gasteiger partial charge in [-0.3, -0.25) is 14.4 Å². The highest BCUT2D eigenvalue weighted by atomic mass is 16.6. The normalized spacial score (nSPS) is 12.7. The van der Waals surface area contributed by atoms with E-state index in [1.165, 1.54) is 180 Å². The Kier molecular flexibility index (Phi) is 62.7. The highest BCUT2D eigenvalue weighted by molar-refractivity contribution is 5.71. The Hall–Kier alpha value is -3.67. The number of hydrogen-bond acceptors (Lipinski definition) is 6. The summed E-state index contributed by atoms with van der Waals surface area (Å²) in [4.78, 5) is 38.4. The molecule has 0 rings (SSSR count). The lowest BCUT2D eigenvalue weighted by Crippen LogP contribution is -2.30. The molecule has 0 bridgehead atoms. The quantitative estimate of drug-likeness (QED) is 0.0261. The van der Waals surface area contributed by atoms with E-state index in [1.54, 1.807) is 0 Å². The van der Waals surface area contributed by atoms with E-state index in [9.17, 15) is 14.4 Å². The molecule has 0 amide bonds. The summed E-state index contributed by atoms with van der Waals surface area (Å²) in [6.45, 7) is 6.51. The Morgan fingerprint density at radius 2 is 0.500 bits per heavy atom. The molecule has 0 aliphatic carbocycles. The van der Waals surface area contributed by atoms with Gasteiger partial charge in [-0.25, -0.2) is 0 Å². The molecule has 0 heterocycles. The minimum absolute atomic E-state index is 0.0832. The molecular weight excluding hydrogens is 961 g/mol. The van der Waals surface area contributed by atoms with E-state index in [4.69, 9.17) is 14.2 Å². The first-order chi connectivity index (χ1) is 38.5. The van der Waals surface area contributed by atoms with Gasteiger partial charge in [0.15, 0.2) is 6.10 Å². The molecule has 0 fully saturated rings. The van der Waals surface area contributed by atoms with Gasteiger partial charge in [0.05, 0.1) is 0 Å². The van der Waals surface area contributed by atoms with Gasteiger partial charge in [0.2, 0.25) is 0 Å². The number of allylic oxidation sites excluding steroid dienone is 16. The van der Waals surface area contributed by atoms with Crippen LogP contribution in [0, 0.1) is 0 Å². The summed E-state index contributed by atoms with van der Waals surface area (Å²) >= 11 is 0. The van der Waals surface area contributed by atoms with Crippen LogP contribution in [0.4, 0.5) is 0 Å². The van der Waals surface area contributed by atoms with Gasteiger partial charge in [0.1, 0.15) is 13.2 Å². The third-order valence-corrected chi connectivity index (χ3v) is 14.3. The van der Waals surface area contributed by atoms with Gasteiger partial charge in [0.25, 0.3) is 0 Å². The highest BCUT2D eigenvalue weighted by Gasteiger charge is 2.19. The lowest BCUT2D eigenvalue weighted by atomic mass is 10.1. The molecule has 6 heteroatoms. The fourth-order valence-electron chi connectivity index (χ4n) is 9.32. The topological polar surface area (TPSA) is 78.9 Å². The minimum Gasteiger partial charge on any atom is -0.462 e. The van der Waals surface area contributed by atoms with Crippen LogP contribution in [0.3, 0.4) is 0 Å². The molecule has 0 aromatic carbocycles. The average molecular weight is 1090 g/mol. The number of carbonyl (C=O) groups is 3. The number of esters is 3. The van der Waals surface area contributed by atoms with Gasteiger partial charge in [-0.15, -0.1) is 0 Å². The van der Waals surface area contributed by atoms with Crippen molar-refractivity contribution in [2.45, 2.75) is 329 Å². The number of carbonyl (C=O) groups excluding carboxylic acids is 3. The first-order valence-electron chi connectivity index (χ1n) is 33.2. The molecule has 0 aliphatic heterocycles. The summed E-state index contributed by atoms with van der Waals surface area (Å²) in [6.07, 6.45) is 88.3. The molecular formula is C72H124O6. The zero-order valence-corrected chi connectivity index (χ0v) is 51.4. The summed E-state index contributed by atoms with van der Waals surface area (Å²) in [7, 11) is 0. The van der Waals surface area contributed by atoms with Gasteiger partial charge in [-0.05, 0) is 122 Å². The van der Waals surface area contributed by atoms with E-state index in [1.807, 2.05) is 0 Å². The molecule has 0 aliphatic rings. The van der Waals surface area contributed by atoms with Crippen molar-refractivity contribution >= 4 is 17.9 Å². The maximum atomic E-state index is 12.9. The molecule has 0 aromatic rings. The summed E-state index contributed by atoms with van der Waals surface area (Å²) in [5.41, 5.74) is 0. The Morgan fingerprint density at radius 1 is 0.269 bits per heavy atom. The largest absolute Gasteiger partial charge is 0.462 e. The van der Waals surface area contributed by atoms with Crippen molar-refractivity contribution in [3.63, 3.8) is 0 Å². The summed E-state index contributed by atoms with van der Waals surface area (Å²) in [5.74, 6) is -0.886. The van der Waals surface area contributed by atoms with Crippen LogP contribution in [0.5, 0.6) is 0 Å². The van der Waals surface area contributed by atoms with E-state index in [2.05, 4.69) is 118 Å². The second-order valence-electron chi connectivity index (χ2n) is 22.0. The van der Waals surface area contributed by atoms with Crippen LogP contribution < -0.4 is 0 Å². The van der Waals surface area contributed by atoms with Crippen molar-refractivity contribution in [2.75, 3.05) is 13.2 Å². The Bertz CT molecular complexity index is 1530. The monoisotopic (exact) mass is 1080 g/mol. The number of ether oxygens (including phenoxy) is 3. The van der Waals surface area contributed by atoms with E-state index < -0.39 is 6.10 Å². The van der Waals surface area contributed by atoms with Crippen LogP contribution in [0.25, 0.3) is 0 Å². The second kappa shape index (κ2) is 65.8. The molecule has 6 nitrogen and oxygen atoms in total. The molecule has 448 valence electrons. The molecule has 0 radical (unpaired) electrons. The molecule has 0 aromatic heterocycles. The number of unbranched alkanes of at least 4 members (excludes halogenated alkanes) is 33. The summed E-state index contributed by atoms with van der Waals surface area (Å²) in [5, 5.41) is 0. The molecule has 1 atom stereocenters. The van der Waals surface area contributed by atoms with E-state index in [-0.39, 0.29) is 31.1 Å². The maximum Gasteiger partial charge on any atom is 0.306 e. The van der Waals surface area contributed by atoms with Crippen LogP contribution in [0.15, 0.2) is 97.2 Å². The summed E-state index contributed by atoms with van der Waals surface area (Å²) in [6, 6.07) is 0. The van der Waals surface area contributed by atoms with Gasteiger partial charge in [-0.1, -0.05) is 279 Å². The van der Waals surface area contributed by atoms with Crippen LogP contribution in [0.2, 0.25) is 0 Å². The highest BCUT2D eigenvalue weighted by Crippen LogP contribution is 2.16. The van der Waals surface area contributed by atoms with Crippen LogP contribution in [-0.4, -0.2) is 37.2 Å². The maximum absolute atomic E-state index is 12.9. The van der Waals surface area contributed by atoms with Crippen molar-refractivity contribution in [1.29, 1.82) is 0 Å². The number of hydrogen-bond donors (Lipinski definition) is 0. The molecule has 0 saturated carbocycles. The standard InChI is InChI=1S/C72H124O6/c1-4-7-10-13-16-19-22-25-28-31-34-35-36-37-39-41-44-47-50-53-56-59-62-65-71(74)77-68-69(67-76-70(73)64-61-58-55-52-49-46-43-40-33-30-27-24-21-18-15-12-9-6-3)78-72(75)66-63-60-57-54-51-48-45-42-38-32-29-26-23-20-17-14-11-8-5-2/h7,10,16-17,19-21,24-26,28-30,33-35,69H,4-6,8-9,11-15,18,22-23,27,31-32,36-68H2,1-3H3/b10-7-,19-16-,20-17-,24-21-,28-25-,29-26-,33-30-,35-34-. The predicted molar refractivity (Wildman–Crippen MR) is 339 cm³/mol. The molecule has 0 saturated heterocycles. The van der Waals surface area contributed by atoms with Gasteiger partial charge < -0.3 is 14.2 Å². The van der Waals surface area contributed by atoms with E-state index in [0.717, 1.165) is 103 Å². The smallest absolute Gasteiger partial charge is 0.306 e. The van der Waals surface area contributed by atoms with E-state index >= 15 is 0 Å². The zero-order valence-electron chi connectivity index (χ0n) is 51.4. The Balaban J connectivity index is 4.39. The molecule has 1 unspecified atom stereocenters. The molecule has 78 heavy (non-hydrogen) atoms. The fraction of sp³-hybridized carbons (Fsp3) is 0.736. The Labute approximate surface area is 483 Å². The lowest BCUT2D eigenvalue weighted by molar-refractivity contribution is -0.167.